The van der Waals surface area contributed by atoms with Crippen LogP contribution in [0.15, 0.2) is 30.3 Å². The second-order valence-corrected chi connectivity index (χ2v) is 9.91. The molecule has 0 atom stereocenters. The smallest absolute Gasteiger partial charge is 0.419 e. The van der Waals surface area contributed by atoms with Gasteiger partial charge in [-0.05, 0) is 57.4 Å². The summed E-state index contributed by atoms with van der Waals surface area (Å²) in [5.74, 6) is 0.125. The van der Waals surface area contributed by atoms with Crippen molar-refractivity contribution >= 4 is 11.9 Å². The number of benzene rings is 1. The second kappa shape index (κ2) is 7.71. The molecule has 1 fully saturated rings. The lowest BCUT2D eigenvalue weighted by molar-refractivity contribution is 0.0535. The Morgan fingerprint density at radius 1 is 1.15 bits per heavy atom. The fraction of sp³-hybridized carbons (Fsp3) is 0.440. The van der Waals surface area contributed by atoms with E-state index in [4.69, 9.17) is 4.74 Å². The number of hydrogen-bond donors (Lipinski definition) is 0. The summed E-state index contributed by atoms with van der Waals surface area (Å²) in [4.78, 5) is 15.4. The van der Waals surface area contributed by atoms with Crippen LogP contribution in [0.4, 0.5) is 19.4 Å². The van der Waals surface area contributed by atoms with Crippen molar-refractivity contribution in [3.63, 3.8) is 0 Å². The molecule has 0 unspecified atom stereocenters. The van der Waals surface area contributed by atoms with Crippen molar-refractivity contribution in [3.8, 4) is 11.3 Å². The Labute approximate surface area is 191 Å². The summed E-state index contributed by atoms with van der Waals surface area (Å²) in [6.07, 6.45) is 2.26. The third-order valence-corrected chi connectivity index (χ3v) is 6.16. The van der Waals surface area contributed by atoms with Crippen LogP contribution in [0.3, 0.4) is 0 Å². The minimum Gasteiger partial charge on any atom is -0.443 e. The fourth-order valence-corrected chi connectivity index (χ4v) is 4.53. The maximum Gasteiger partial charge on any atom is 0.419 e. The van der Waals surface area contributed by atoms with E-state index in [0.29, 0.717) is 25.4 Å². The molecule has 0 amide bonds. The molecule has 2 aromatic heterocycles. The first-order chi connectivity index (χ1) is 15.6. The monoisotopic (exact) mass is 454 g/mol. The van der Waals surface area contributed by atoms with E-state index in [0.717, 1.165) is 22.8 Å². The van der Waals surface area contributed by atoms with Crippen molar-refractivity contribution < 1.29 is 18.3 Å². The molecule has 1 aliphatic carbocycles. The lowest BCUT2D eigenvalue weighted by Crippen LogP contribution is -2.34. The molecule has 0 N–H and O–H groups in total. The van der Waals surface area contributed by atoms with E-state index in [-0.39, 0.29) is 11.3 Å². The Bertz CT molecular complexity index is 1210. The average molecular weight is 455 g/mol. The van der Waals surface area contributed by atoms with E-state index < -0.39 is 23.3 Å². The molecular formula is C25H28F2N4O2. The lowest BCUT2D eigenvalue weighted by atomic mass is 10.1. The number of aryl methyl sites for hydroxylation is 1. The second-order valence-electron chi connectivity index (χ2n) is 9.91. The van der Waals surface area contributed by atoms with Gasteiger partial charge in [-0.3, -0.25) is 4.68 Å². The molecular weight excluding hydrogens is 426 g/mol. The largest absolute Gasteiger partial charge is 0.443 e. The lowest BCUT2D eigenvalue weighted by Gasteiger charge is -2.29. The summed E-state index contributed by atoms with van der Waals surface area (Å²) in [5, 5.41) is 4.66. The van der Waals surface area contributed by atoms with Crippen molar-refractivity contribution in [3.05, 3.63) is 58.9 Å². The van der Waals surface area contributed by atoms with Crippen LogP contribution in [0, 0.1) is 11.6 Å². The molecule has 3 aromatic rings. The molecule has 1 saturated carbocycles. The highest BCUT2D eigenvalue weighted by Gasteiger charge is 2.32. The third kappa shape index (κ3) is 4.03. The van der Waals surface area contributed by atoms with Crippen LogP contribution in [0.2, 0.25) is 0 Å². The summed E-state index contributed by atoms with van der Waals surface area (Å²) in [5.41, 5.74) is 1.89. The fourth-order valence-electron chi connectivity index (χ4n) is 4.53. The predicted molar refractivity (Wildman–Crippen MR) is 121 cm³/mol. The molecule has 0 spiro atoms. The first-order valence-electron chi connectivity index (χ1n) is 11.3. The standard InChI is InChI=1S/C25H28F2N4O2/c1-25(2,3)33-24(32)31-20-10-11-30(22-13-19(15-8-9-15)28-29(22)4)14-16(20)12-21(31)23-17(26)6-5-7-18(23)27/h5-7,12-13,15H,8-11,14H2,1-4H3. The molecule has 1 aromatic carbocycles. The van der Waals surface area contributed by atoms with E-state index in [1.165, 1.54) is 35.6 Å². The van der Waals surface area contributed by atoms with E-state index in [2.05, 4.69) is 16.1 Å². The van der Waals surface area contributed by atoms with Gasteiger partial charge in [0.2, 0.25) is 0 Å². The highest BCUT2D eigenvalue weighted by Crippen LogP contribution is 2.41. The van der Waals surface area contributed by atoms with Gasteiger partial charge >= 0.3 is 6.09 Å². The van der Waals surface area contributed by atoms with Gasteiger partial charge < -0.3 is 9.64 Å². The molecule has 33 heavy (non-hydrogen) atoms. The molecule has 8 heteroatoms. The van der Waals surface area contributed by atoms with Crippen LogP contribution in [0.25, 0.3) is 11.3 Å². The van der Waals surface area contributed by atoms with Crippen LogP contribution >= 0.6 is 0 Å². The SMILES string of the molecule is Cn1nc(C2CC2)cc1N1CCc2c(cc(-c3c(F)cccc3F)n2C(=O)OC(C)(C)C)C1. The highest BCUT2D eigenvalue weighted by atomic mass is 19.1. The number of carbonyl (C=O) groups is 1. The molecule has 174 valence electrons. The van der Waals surface area contributed by atoms with Crippen LogP contribution in [-0.4, -0.2) is 32.6 Å². The highest BCUT2D eigenvalue weighted by molar-refractivity contribution is 5.81. The molecule has 0 radical (unpaired) electrons. The van der Waals surface area contributed by atoms with Crippen molar-refractivity contribution in [2.24, 2.45) is 7.05 Å². The molecule has 5 rings (SSSR count). The van der Waals surface area contributed by atoms with Gasteiger partial charge in [-0.2, -0.15) is 5.10 Å². The molecule has 2 aliphatic rings. The van der Waals surface area contributed by atoms with E-state index in [9.17, 15) is 13.6 Å². The number of aromatic nitrogens is 3. The van der Waals surface area contributed by atoms with Crippen molar-refractivity contribution in [1.29, 1.82) is 0 Å². The molecule has 3 heterocycles. The molecule has 0 bridgehead atoms. The summed E-state index contributed by atoms with van der Waals surface area (Å²) in [6, 6.07) is 7.56. The predicted octanol–water partition coefficient (Wildman–Crippen LogP) is 5.39. The number of anilines is 1. The first kappa shape index (κ1) is 21.7. The van der Waals surface area contributed by atoms with Gasteiger partial charge in [0.15, 0.2) is 0 Å². The van der Waals surface area contributed by atoms with Gasteiger partial charge in [0.05, 0.1) is 17.0 Å². The van der Waals surface area contributed by atoms with Gasteiger partial charge in [-0.1, -0.05) is 6.07 Å². The average Bonchev–Trinajstić information content (AvgIpc) is 3.39. The van der Waals surface area contributed by atoms with Crippen LogP contribution < -0.4 is 4.90 Å². The summed E-state index contributed by atoms with van der Waals surface area (Å²) < 4.78 is 38.3. The zero-order valence-electron chi connectivity index (χ0n) is 19.4. The van der Waals surface area contributed by atoms with E-state index in [1.54, 1.807) is 26.8 Å². The Morgan fingerprint density at radius 3 is 2.48 bits per heavy atom. The number of hydrogen-bond acceptors (Lipinski definition) is 4. The van der Waals surface area contributed by atoms with Crippen LogP contribution in [0.1, 0.15) is 56.5 Å². The topological polar surface area (TPSA) is 52.3 Å². The van der Waals surface area contributed by atoms with Crippen LogP contribution in [-0.2, 0) is 24.8 Å². The minimum atomic E-state index is -0.742. The zero-order chi connectivity index (χ0) is 23.5. The van der Waals surface area contributed by atoms with E-state index in [1.807, 2.05) is 11.7 Å². The summed E-state index contributed by atoms with van der Waals surface area (Å²) in [6.45, 7) is 6.48. The maximum absolute atomic E-state index is 14.7. The number of rotatable bonds is 3. The summed E-state index contributed by atoms with van der Waals surface area (Å²) >= 11 is 0. The molecule has 1 aliphatic heterocycles. The maximum atomic E-state index is 14.7. The Hall–Kier alpha value is -3.16. The number of halogens is 2. The van der Waals surface area contributed by atoms with Gasteiger partial charge in [-0.25, -0.2) is 18.1 Å². The molecule has 6 nitrogen and oxygen atoms in total. The number of ether oxygens (including phenoxy) is 1. The van der Waals surface area contributed by atoms with Gasteiger partial charge in [0.25, 0.3) is 0 Å². The zero-order valence-corrected chi connectivity index (χ0v) is 19.4. The quantitative estimate of drug-likeness (QED) is 0.533. The Balaban J connectivity index is 1.57. The number of carbonyl (C=O) groups excluding carboxylic acids is 1. The van der Waals surface area contributed by atoms with Crippen LogP contribution in [0.5, 0.6) is 0 Å². The Morgan fingerprint density at radius 2 is 1.85 bits per heavy atom. The van der Waals surface area contributed by atoms with Gasteiger partial charge in [0.1, 0.15) is 23.1 Å². The normalized spacial score (nSPS) is 16.1. The minimum absolute atomic E-state index is 0.176. The summed E-state index contributed by atoms with van der Waals surface area (Å²) in [7, 11) is 1.93. The van der Waals surface area contributed by atoms with Crippen molar-refractivity contribution in [2.45, 2.75) is 58.1 Å². The molecule has 0 saturated heterocycles. The third-order valence-electron chi connectivity index (χ3n) is 6.16. The van der Waals surface area contributed by atoms with Gasteiger partial charge in [-0.15, -0.1) is 0 Å². The first-order valence-corrected chi connectivity index (χ1v) is 11.3. The van der Waals surface area contributed by atoms with Crippen molar-refractivity contribution in [1.82, 2.24) is 14.3 Å². The van der Waals surface area contributed by atoms with Crippen molar-refractivity contribution in [2.75, 3.05) is 11.4 Å². The Kier molecular flexibility index (Phi) is 5.06. The number of nitrogens with zero attached hydrogens (tertiary/aromatic N) is 4. The van der Waals surface area contributed by atoms with E-state index >= 15 is 0 Å². The van der Waals surface area contributed by atoms with Gasteiger partial charge in [0, 0.05) is 44.2 Å². The number of fused-ring (bicyclic) bond motifs is 1.